The molecule has 0 aliphatic rings. The maximum atomic E-state index is 13.1. The molecular formula is C18H15FN2O2S. The van der Waals surface area contributed by atoms with Gasteiger partial charge in [0, 0.05) is 29.5 Å². The second-order valence-electron chi connectivity index (χ2n) is 5.19. The lowest BCUT2D eigenvalue weighted by molar-refractivity contribution is 0.0953. The van der Waals surface area contributed by atoms with Crippen LogP contribution in [0.3, 0.4) is 0 Å². The summed E-state index contributed by atoms with van der Waals surface area (Å²) in [5.74, 6) is -0.514. The Labute approximate surface area is 142 Å². The first-order valence-corrected chi connectivity index (χ1v) is 8.27. The Balaban J connectivity index is 1.56. The molecule has 24 heavy (non-hydrogen) atoms. The summed E-state index contributed by atoms with van der Waals surface area (Å²) in [7, 11) is 0. The van der Waals surface area contributed by atoms with Crippen LogP contribution in [-0.4, -0.2) is 22.5 Å². The van der Waals surface area contributed by atoms with E-state index in [0.717, 1.165) is 16.3 Å². The fourth-order valence-corrected chi connectivity index (χ4v) is 3.01. The maximum absolute atomic E-state index is 13.1. The zero-order chi connectivity index (χ0) is 16.9. The summed E-state index contributed by atoms with van der Waals surface area (Å²) in [6, 6.07) is 12.4. The van der Waals surface area contributed by atoms with Crippen molar-refractivity contribution in [2.24, 2.45) is 0 Å². The minimum atomic E-state index is -0.430. The minimum absolute atomic E-state index is 0.217. The zero-order valence-corrected chi connectivity index (χ0v) is 13.5. The van der Waals surface area contributed by atoms with Gasteiger partial charge in [0.25, 0.3) is 5.91 Å². The van der Waals surface area contributed by atoms with Gasteiger partial charge in [-0.2, -0.15) is 0 Å². The molecule has 0 aliphatic carbocycles. The standard InChI is InChI=1S/C18H15FN2O2S/c19-14-3-1-2-13(10-14)18(23)20-9-8-17-21-16(11-24-17)12-4-6-15(22)7-5-12/h1-7,10-11,22H,8-9H2,(H,20,23). The molecule has 3 aromatic rings. The van der Waals surface area contributed by atoms with Crippen molar-refractivity contribution < 1.29 is 14.3 Å². The molecule has 122 valence electrons. The average molecular weight is 342 g/mol. The number of hydrogen-bond donors (Lipinski definition) is 2. The first-order valence-electron chi connectivity index (χ1n) is 7.39. The largest absolute Gasteiger partial charge is 0.508 e. The predicted molar refractivity (Wildman–Crippen MR) is 91.7 cm³/mol. The third-order valence-corrected chi connectivity index (χ3v) is 4.33. The van der Waals surface area contributed by atoms with E-state index in [0.29, 0.717) is 18.5 Å². The molecule has 0 saturated heterocycles. The lowest BCUT2D eigenvalue weighted by atomic mass is 10.2. The second-order valence-corrected chi connectivity index (χ2v) is 6.13. The Hall–Kier alpha value is -2.73. The van der Waals surface area contributed by atoms with E-state index >= 15 is 0 Å². The van der Waals surface area contributed by atoms with Crippen LogP contribution in [0.1, 0.15) is 15.4 Å². The Morgan fingerprint density at radius 2 is 2.00 bits per heavy atom. The fraction of sp³-hybridized carbons (Fsp3) is 0.111. The van der Waals surface area contributed by atoms with E-state index in [1.54, 1.807) is 30.3 Å². The van der Waals surface area contributed by atoms with Crippen LogP contribution in [-0.2, 0) is 6.42 Å². The molecule has 2 aromatic carbocycles. The molecule has 0 spiro atoms. The average Bonchev–Trinajstić information content (AvgIpc) is 3.04. The first kappa shape index (κ1) is 16.1. The van der Waals surface area contributed by atoms with Gasteiger partial charge in [0.15, 0.2) is 0 Å². The third kappa shape index (κ3) is 3.97. The quantitative estimate of drug-likeness (QED) is 0.744. The van der Waals surface area contributed by atoms with Crippen LogP contribution >= 0.6 is 11.3 Å². The van der Waals surface area contributed by atoms with Crippen molar-refractivity contribution in [2.75, 3.05) is 6.54 Å². The van der Waals surface area contributed by atoms with Crippen LogP contribution in [0.4, 0.5) is 4.39 Å². The molecule has 0 atom stereocenters. The predicted octanol–water partition coefficient (Wildman–Crippen LogP) is 3.63. The molecule has 0 unspecified atom stereocenters. The van der Waals surface area contributed by atoms with E-state index in [2.05, 4.69) is 10.3 Å². The summed E-state index contributed by atoms with van der Waals surface area (Å²) in [5.41, 5.74) is 2.07. The number of carbonyl (C=O) groups is 1. The van der Waals surface area contributed by atoms with Crippen LogP contribution in [0.2, 0.25) is 0 Å². The van der Waals surface area contributed by atoms with Crippen molar-refractivity contribution in [3.05, 3.63) is 70.3 Å². The number of nitrogens with one attached hydrogen (secondary N) is 1. The minimum Gasteiger partial charge on any atom is -0.508 e. The highest BCUT2D eigenvalue weighted by Gasteiger charge is 2.08. The summed E-state index contributed by atoms with van der Waals surface area (Å²) < 4.78 is 13.1. The summed E-state index contributed by atoms with van der Waals surface area (Å²) in [6.45, 7) is 0.428. The number of rotatable bonds is 5. The smallest absolute Gasteiger partial charge is 0.251 e. The van der Waals surface area contributed by atoms with Gasteiger partial charge in [-0.05, 0) is 42.5 Å². The molecule has 3 rings (SSSR count). The van der Waals surface area contributed by atoms with Crippen LogP contribution in [0.15, 0.2) is 53.9 Å². The van der Waals surface area contributed by atoms with E-state index in [-0.39, 0.29) is 11.7 Å². The molecule has 1 heterocycles. The Morgan fingerprint density at radius 1 is 1.21 bits per heavy atom. The number of carbonyl (C=O) groups excluding carboxylic acids is 1. The van der Waals surface area contributed by atoms with Crippen LogP contribution < -0.4 is 5.32 Å². The lowest BCUT2D eigenvalue weighted by Gasteiger charge is -2.04. The van der Waals surface area contributed by atoms with Crippen LogP contribution in [0.5, 0.6) is 5.75 Å². The maximum Gasteiger partial charge on any atom is 0.251 e. The molecule has 0 fully saturated rings. The molecule has 0 aliphatic heterocycles. The summed E-state index contributed by atoms with van der Waals surface area (Å²) in [6.07, 6.45) is 0.601. The number of aromatic hydroxyl groups is 1. The second kappa shape index (κ2) is 7.23. The molecular weight excluding hydrogens is 327 g/mol. The van der Waals surface area contributed by atoms with Gasteiger partial charge in [0.2, 0.25) is 0 Å². The van der Waals surface area contributed by atoms with E-state index in [9.17, 15) is 14.3 Å². The summed E-state index contributed by atoms with van der Waals surface area (Å²) in [5, 5.41) is 14.9. The Bertz CT molecular complexity index is 846. The van der Waals surface area contributed by atoms with Crippen molar-refractivity contribution in [3.8, 4) is 17.0 Å². The highest BCUT2D eigenvalue weighted by molar-refractivity contribution is 7.09. The Morgan fingerprint density at radius 3 is 2.75 bits per heavy atom. The highest BCUT2D eigenvalue weighted by atomic mass is 32.1. The highest BCUT2D eigenvalue weighted by Crippen LogP contribution is 2.23. The van der Waals surface area contributed by atoms with Gasteiger partial charge in [-0.3, -0.25) is 4.79 Å². The number of hydrogen-bond acceptors (Lipinski definition) is 4. The van der Waals surface area contributed by atoms with Gasteiger partial charge in [-0.1, -0.05) is 6.07 Å². The number of thiazole rings is 1. The zero-order valence-electron chi connectivity index (χ0n) is 12.7. The van der Waals surface area contributed by atoms with E-state index in [4.69, 9.17) is 0 Å². The van der Waals surface area contributed by atoms with Gasteiger partial charge in [-0.15, -0.1) is 11.3 Å². The molecule has 0 radical (unpaired) electrons. The number of aromatic nitrogens is 1. The van der Waals surface area contributed by atoms with Gasteiger partial charge >= 0.3 is 0 Å². The van der Waals surface area contributed by atoms with Crippen LogP contribution in [0.25, 0.3) is 11.3 Å². The number of phenols is 1. The number of benzene rings is 2. The molecule has 1 aromatic heterocycles. The molecule has 6 heteroatoms. The third-order valence-electron chi connectivity index (χ3n) is 3.43. The van der Waals surface area contributed by atoms with Crippen molar-refractivity contribution in [1.82, 2.24) is 10.3 Å². The summed E-state index contributed by atoms with van der Waals surface area (Å²) in [4.78, 5) is 16.4. The number of halogens is 1. The SMILES string of the molecule is O=C(NCCc1nc(-c2ccc(O)cc2)cs1)c1cccc(F)c1. The molecule has 1 amide bonds. The van der Waals surface area contributed by atoms with Crippen molar-refractivity contribution >= 4 is 17.2 Å². The van der Waals surface area contributed by atoms with Gasteiger partial charge in [0.05, 0.1) is 10.7 Å². The van der Waals surface area contributed by atoms with Crippen molar-refractivity contribution in [3.63, 3.8) is 0 Å². The molecule has 0 bridgehead atoms. The number of phenolic OH excluding ortho intramolecular Hbond substituents is 1. The monoisotopic (exact) mass is 342 g/mol. The van der Waals surface area contributed by atoms with Crippen molar-refractivity contribution in [1.29, 1.82) is 0 Å². The molecule has 2 N–H and O–H groups in total. The van der Waals surface area contributed by atoms with Gasteiger partial charge in [0.1, 0.15) is 11.6 Å². The van der Waals surface area contributed by atoms with Gasteiger partial charge < -0.3 is 10.4 Å². The van der Waals surface area contributed by atoms with E-state index in [1.165, 1.54) is 29.5 Å². The fourth-order valence-electron chi connectivity index (χ4n) is 2.21. The number of amides is 1. The first-order chi connectivity index (χ1) is 11.6. The van der Waals surface area contributed by atoms with E-state index in [1.807, 2.05) is 5.38 Å². The molecule has 4 nitrogen and oxygen atoms in total. The molecule has 0 saturated carbocycles. The van der Waals surface area contributed by atoms with Crippen molar-refractivity contribution in [2.45, 2.75) is 6.42 Å². The van der Waals surface area contributed by atoms with Crippen LogP contribution in [0, 0.1) is 5.82 Å². The normalized spacial score (nSPS) is 10.5. The van der Waals surface area contributed by atoms with E-state index < -0.39 is 5.82 Å². The Kier molecular flexibility index (Phi) is 4.86. The summed E-state index contributed by atoms with van der Waals surface area (Å²) >= 11 is 1.51. The topological polar surface area (TPSA) is 62.2 Å². The lowest BCUT2D eigenvalue weighted by Crippen LogP contribution is -2.25. The number of nitrogens with zero attached hydrogens (tertiary/aromatic N) is 1. The van der Waals surface area contributed by atoms with Gasteiger partial charge in [-0.25, -0.2) is 9.37 Å².